The number of methoxy groups -OCH3 is 1. The second kappa shape index (κ2) is 13.1. The van der Waals surface area contributed by atoms with Crippen molar-refractivity contribution in [1.29, 1.82) is 0 Å². The molecule has 1 N–H and O–H groups in total. The summed E-state index contributed by atoms with van der Waals surface area (Å²) in [5, 5.41) is 0. The molecule has 0 spiro atoms. The van der Waals surface area contributed by atoms with Gasteiger partial charge in [0.1, 0.15) is 11.6 Å². The lowest BCUT2D eigenvalue weighted by molar-refractivity contribution is 0.104. The van der Waals surface area contributed by atoms with E-state index >= 15 is 8.78 Å². The number of pyridine rings is 2. The summed E-state index contributed by atoms with van der Waals surface area (Å²) in [4.78, 5) is 16.4. The van der Waals surface area contributed by atoms with E-state index in [2.05, 4.69) is 43.2 Å². The second-order valence-electron chi connectivity index (χ2n) is 10.3. The van der Waals surface area contributed by atoms with E-state index in [9.17, 15) is 0 Å². The standard InChI is InChI=1S/C29H36F2N6O2S/c1-20(2)36-8-6-35(7-9-36)19-21-14-24(30)28(25(31)15-21)26-16-22(4-5-32-26)34-40-27-17-23(18-33-29(27)38-3)37-10-12-39-13-11-37/h4-5,14-18,20H,6-13,19H2,1-3H3,(H,32,34). The van der Waals surface area contributed by atoms with Gasteiger partial charge in [0, 0.05) is 63.7 Å². The van der Waals surface area contributed by atoms with E-state index in [-0.39, 0.29) is 11.3 Å². The fourth-order valence-electron chi connectivity index (χ4n) is 5.04. The molecule has 2 aliphatic heterocycles. The van der Waals surface area contributed by atoms with Crippen LogP contribution in [-0.4, -0.2) is 85.4 Å². The molecule has 0 saturated carbocycles. The molecule has 0 atom stereocenters. The highest BCUT2D eigenvalue weighted by Gasteiger charge is 2.21. The molecular formula is C29H36F2N6O2S. The fraction of sp³-hybridized carbons (Fsp3) is 0.448. The number of aromatic nitrogens is 2. The normalized spacial score (nSPS) is 16.9. The zero-order valence-electron chi connectivity index (χ0n) is 23.2. The van der Waals surface area contributed by atoms with E-state index in [1.807, 2.05) is 6.07 Å². The number of rotatable bonds is 9. The maximum Gasteiger partial charge on any atom is 0.229 e. The van der Waals surface area contributed by atoms with E-state index in [4.69, 9.17) is 9.47 Å². The Morgan fingerprint density at radius 3 is 2.40 bits per heavy atom. The van der Waals surface area contributed by atoms with Crippen LogP contribution in [0.2, 0.25) is 0 Å². The Labute approximate surface area is 238 Å². The molecule has 8 nitrogen and oxygen atoms in total. The van der Waals surface area contributed by atoms with E-state index in [0.717, 1.165) is 49.9 Å². The van der Waals surface area contributed by atoms with Gasteiger partial charge in [-0.15, -0.1) is 0 Å². The predicted octanol–water partition coefficient (Wildman–Crippen LogP) is 4.91. The average Bonchev–Trinajstić information content (AvgIpc) is 2.96. The van der Waals surface area contributed by atoms with Crippen LogP contribution in [0.5, 0.6) is 5.88 Å². The summed E-state index contributed by atoms with van der Waals surface area (Å²) in [5.74, 6) is -0.739. The Morgan fingerprint density at radius 1 is 1.00 bits per heavy atom. The first kappa shape index (κ1) is 28.5. The highest BCUT2D eigenvalue weighted by Crippen LogP contribution is 2.34. The Bertz CT molecular complexity index is 1280. The maximum atomic E-state index is 15.3. The third-order valence-electron chi connectivity index (χ3n) is 7.31. The summed E-state index contributed by atoms with van der Waals surface area (Å²) in [6.45, 7) is 11.5. The lowest BCUT2D eigenvalue weighted by atomic mass is 10.1. The molecule has 2 fully saturated rings. The van der Waals surface area contributed by atoms with Crippen molar-refractivity contribution in [2.24, 2.45) is 0 Å². The molecule has 2 aromatic heterocycles. The van der Waals surface area contributed by atoms with Crippen LogP contribution in [0.3, 0.4) is 0 Å². The summed E-state index contributed by atoms with van der Waals surface area (Å²) in [5.41, 5.74) is 2.36. The molecule has 0 radical (unpaired) electrons. The van der Waals surface area contributed by atoms with E-state index in [1.165, 1.54) is 24.1 Å². The molecule has 0 bridgehead atoms. The van der Waals surface area contributed by atoms with Crippen molar-refractivity contribution in [3.8, 4) is 17.1 Å². The van der Waals surface area contributed by atoms with Crippen molar-refractivity contribution in [3.05, 3.63) is 59.9 Å². The smallest absolute Gasteiger partial charge is 0.229 e. The zero-order valence-corrected chi connectivity index (χ0v) is 24.0. The van der Waals surface area contributed by atoms with Gasteiger partial charge in [0.15, 0.2) is 0 Å². The SMILES string of the molecule is COc1ncc(N2CCOCC2)cc1SNc1ccnc(-c2c(F)cc(CN3CCN(C(C)C)CC3)cc2F)c1. The molecule has 5 rings (SSSR count). The Kier molecular flexibility index (Phi) is 9.36. The number of morpholine rings is 1. The summed E-state index contributed by atoms with van der Waals surface area (Å²) < 4.78 is 44.7. The number of nitrogens with one attached hydrogen (secondary N) is 1. The molecule has 214 valence electrons. The first-order chi connectivity index (χ1) is 19.4. The third kappa shape index (κ3) is 6.83. The van der Waals surface area contributed by atoms with Crippen LogP contribution in [0.4, 0.5) is 20.2 Å². The molecule has 11 heteroatoms. The first-order valence-electron chi connectivity index (χ1n) is 13.6. The molecule has 0 unspecified atom stereocenters. The summed E-state index contributed by atoms with van der Waals surface area (Å²) in [6.07, 6.45) is 3.33. The third-order valence-corrected chi connectivity index (χ3v) is 8.16. The van der Waals surface area contributed by atoms with Crippen molar-refractivity contribution >= 4 is 23.3 Å². The van der Waals surface area contributed by atoms with Crippen molar-refractivity contribution in [1.82, 2.24) is 19.8 Å². The number of halogens is 2. The maximum absolute atomic E-state index is 15.3. The number of anilines is 2. The van der Waals surface area contributed by atoms with Crippen molar-refractivity contribution in [2.45, 2.75) is 31.3 Å². The lowest BCUT2D eigenvalue weighted by Gasteiger charge is -2.37. The quantitative estimate of drug-likeness (QED) is 0.362. The van der Waals surface area contributed by atoms with Gasteiger partial charge in [0.25, 0.3) is 0 Å². The van der Waals surface area contributed by atoms with Gasteiger partial charge in [-0.25, -0.2) is 13.8 Å². The number of piperazine rings is 1. The summed E-state index contributed by atoms with van der Waals surface area (Å²) >= 11 is 1.32. The van der Waals surface area contributed by atoms with Gasteiger partial charge in [0.2, 0.25) is 5.88 Å². The fourth-order valence-corrected chi connectivity index (χ4v) is 5.80. The average molecular weight is 571 g/mol. The monoisotopic (exact) mass is 570 g/mol. The molecule has 4 heterocycles. The van der Waals surface area contributed by atoms with E-state index in [0.29, 0.717) is 42.9 Å². The number of hydrogen-bond donors (Lipinski definition) is 1. The lowest BCUT2D eigenvalue weighted by Crippen LogP contribution is -2.48. The van der Waals surface area contributed by atoms with Gasteiger partial charge in [-0.3, -0.25) is 14.8 Å². The van der Waals surface area contributed by atoms with E-state index < -0.39 is 11.6 Å². The molecular weight excluding hydrogens is 534 g/mol. The van der Waals surface area contributed by atoms with Crippen LogP contribution < -0.4 is 14.4 Å². The minimum absolute atomic E-state index is 0.129. The molecule has 2 aliphatic rings. The minimum Gasteiger partial charge on any atom is -0.480 e. The zero-order chi connectivity index (χ0) is 28.1. The van der Waals surface area contributed by atoms with Crippen LogP contribution in [0, 0.1) is 11.6 Å². The van der Waals surface area contributed by atoms with Crippen LogP contribution in [0.15, 0.2) is 47.6 Å². The second-order valence-corrected chi connectivity index (χ2v) is 11.1. The molecule has 0 aliphatic carbocycles. The summed E-state index contributed by atoms with van der Waals surface area (Å²) in [6, 6.07) is 8.77. The van der Waals surface area contributed by atoms with Gasteiger partial charge < -0.3 is 19.1 Å². The number of hydrogen-bond acceptors (Lipinski definition) is 9. The van der Waals surface area contributed by atoms with Gasteiger partial charge in [-0.05, 0) is 61.7 Å². The van der Waals surface area contributed by atoms with E-state index in [1.54, 1.807) is 31.6 Å². The number of ether oxygens (including phenoxy) is 2. The molecule has 2 saturated heterocycles. The van der Waals surface area contributed by atoms with Crippen LogP contribution >= 0.6 is 11.9 Å². The highest BCUT2D eigenvalue weighted by molar-refractivity contribution is 8.00. The summed E-state index contributed by atoms with van der Waals surface area (Å²) in [7, 11) is 1.58. The van der Waals surface area contributed by atoms with Crippen molar-refractivity contribution < 1.29 is 18.3 Å². The topological polar surface area (TPSA) is 66.0 Å². The first-order valence-corrected chi connectivity index (χ1v) is 14.4. The molecule has 1 aromatic carbocycles. The molecule has 3 aromatic rings. The molecule has 40 heavy (non-hydrogen) atoms. The van der Waals surface area contributed by atoms with Gasteiger partial charge in [0.05, 0.1) is 48.4 Å². The number of benzene rings is 1. The largest absolute Gasteiger partial charge is 0.480 e. The van der Waals surface area contributed by atoms with Crippen molar-refractivity contribution in [3.63, 3.8) is 0 Å². The molecule has 0 amide bonds. The van der Waals surface area contributed by atoms with Crippen LogP contribution in [0.1, 0.15) is 19.4 Å². The van der Waals surface area contributed by atoms with Gasteiger partial charge in [-0.2, -0.15) is 0 Å². The minimum atomic E-state index is -0.614. The van der Waals surface area contributed by atoms with Gasteiger partial charge >= 0.3 is 0 Å². The van der Waals surface area contributed by atoms with Crippen LogP contribution in [0.25, 0.3) is 11.3 Å². The predicted molar refractivity (Wildman–Crippen MR) is 155 cm³/mol. The van der Waals surface area contributed by atoms with Crippen molar-refractivity contribution in [2.75, 3.05) is 69.2 Å². The van der Waals surface area contributed by atoms with Crippen LogP contribution in [-0.2, 0) is 11.3 Å². The highest BCUT2D eigenvalue weighted by atomic mass is 32.2. The Morgan fingerprint density at radius 2 is 1.73 bits per heavy atom. The Hall–Kier alpha value is -2.99. The van der Waals surface area contributed by atoms with Gasteiger partial charge in [-0.1, -0.05) is 0 Å². The number of nitrogens with zero attached hydrogens (tertiary/aromatic N) is 5. The Balaban J connectivity index is 1.27.